The van der Waals surface area contributed by atoms with E-state index >= 15 is 0 Å². The molecule has 0 aliphatic carbocycles. The number of hydrogen-bond donors (Lipinski definition) is 1. The molecule has 2 atom stereocenters. The van der Waals surface area contributed by atoms with E-state index in [1.807, 2.05) is 24.3 Å². The van der Waals surface area contributed by atoms with Gasteiger partial charge in [-0.1, -0.05) is 64.4 Å². The fraction of sp³-hybridized carbons (Fsp3) is 0.500. The van der Waals surface area contributed by atoms with Crippen molar-refractivity contribution in [2.24, 2.45) is 15.7 Å². The third-order valence-electron chi connectivity index (χ3n) is 6.98. The lowest BCUT2D eigenvalue weighted by Gasteiger charge is -2.25. The average molecular weight is 587 g/mol. The van der Waals surface area contributed by atoms with Crippen LogP contribution in [0.15, 0.2) is 46.5 Å². The Morgan fingerprint density at radius 1 is 1.18 bits per heavy atom. The molecule has 0 bridgehead atoms. The monoisotopic (exact) mass is 585 g/mol. The van der Waals surface area contributed by atoms with E-state index in [9.17, 15) is 9.59 Å². The van der Waals surface area contributed by atoms with Gasteiger partial charge in [-0.2, -0.15) is 4.02 Å². The van der Waals surface area contributed by atoms with Crippen molar-refractivity contribution in [2.75, 3.05) is 26.8 Å². The number of carbonyl (C=O) groups excluding carboxylic acids is 2. The fourth-order valence-corrected chi connectivity index (χ4v) is 5.63. The van der Waals surface area contributed by atoms with Gasteiger partial charge in [0.2, 0.25) is 5.91 Å². The summed E-state index contributed by atoms with van der Waals surface area (Å²) in [4.78, 5) is 27.0. The molecule has 0 spiro atoms. The molecule has 1 aliphatic rings. The number of primary amides is 1. The van der Waals surface area contributed by atoms with Gasteiger partial charge in [0.05, 0.1) is 36.4 Å². The van der Waals surface area contributed by atoms with Crippen LogP contribution in [0, 0.1) is 5.92 Å². The van der Waals surface area contributed by atoms with Gasteiger partial charge in [-0.05, 0) is 41.9 Å². The van der Waals surface area contributed by atoms with E-state index in [1.54, 1.807) is 13.2 Å². The van der Waals surface area contributed by atoms with Gasteiger partial charge < -0.3 is 20.1 Å². The number of rotatable bonds is 12. The normalized spacial score (nSPS) is 18.6. The Kier molecular flexibility index (Phi) is 10.4. The lowest BCUT2D eigenvalue weighted by atomic mass is 9.84. The second kappa shape index (κ2) is 13.3. The molecule has 38 heavy (non-hydrogen) atoms. The van der Waals surface area contributed by atoms with Crippen LogP contribution in [-0.2, 0) is 10.2 Å². The van der Waals surface area contributed by atoms with E-state index in [2.05, 4.69) is 64.9 Å². The molecule has 0 unspecified atom stereocenters. The van der Waals surface area contributed by atoms with Gasteiger partial charge in [0.1, 0.15) is 5.84 Å². The predicted molar refractivity (Wildman–Crippen MR) is 155 cm³/mol. The number of ether oxygens (including phenoxy) is 2. The van der Waals surface area contributed by atoms with Crippen molar-refractivity contribution in [3.63, 3.8) is 0 Å². The Morgan fingerprint density at radius 3 is 2.47 bits per heavy atom. The number of benzene rings is 2. The van der Waals surface area contributed by atoms with Crippen molar-refractivity contribution in [2.45, 2.75) is 64.7 Å². The molecule has 2 N–H and O–H groups in total. The van der Waals surface area contributed by atoms with Gasteiger partial charge in [0, 0.05) is 30.0 Å². The van der Waals surface area contributed by atoms with Crippen molar-refractivity contribution in [3.8, 4) is 11.5 Å². The number of amides is 1. The number of carbonyl (C=O) groups is 2. The number of ketones is 1. The summed E-state index contributed by atoms with van der Waals surface area (Å²) >= 11 is 3.36. The second-order valence-corrected chi connectivity index (χ2v) is 11.3. The number of methoxy groups -OCH3 is 1. The molecule has 7 nitrogen and oxygen atoms in total. The van der Waals surface area contributed by atoms with E-state index < -0.39 is 0 Å². The molecular weight excluding hydrogens is 546 g/mol. The maximum atomic E-state index is 13.8. The molecule has 1 fully saturated rings. The van der Waals surface area contributed by atoms with Crippen molar-refractivity contribution in [1.82, 2.24) is 4.90 Å². The summed E-state index contributed by atoms with van der Waals surface area (Å²) in [7, 11) is 1.60. The molecule has 1 saturated heterocycles. The van der Waals surface area contributed by atoms with Crippen LogP contribution < -0.4 is 15.2 Å². The summed E-state index contributed by atoms with van der Waals surface area (Å²) in [5.74, 6) is 2.10. The van der Waals surface area contributed by atoms with Crippen LogP contribution in [0.25, 0.3) is 0 Å². The second-order valence-electron chi connectivity index (χ2n) is 10.9. The Hall–Kier alpha value is -2.87. The summed E-state index contributed by atoms with van der Waals surface area (Å²) in [5, 5.41) is 0. The summed E-state index contributed by atoms with van der Waals surface area (Å²) in [6.07, 6.45) is 2.84. The zero-order chi connectivity index (χ0) is 27.9. The van der Waals surface area contributed by atoms with Gasteiger partial charge in [0.15, 0.2) is 17.3 Å². The quantitative estimate of drug-likeness (QED) is 0.242. The molecule has 3 rings (SSSR count). The smallest absolute Gasteiger partial charge is 0.217 e. The number of amidine groups is 1. The first-order valence-electron chi connectivity index (χ1n) is 13.3. The predicted octanol–water partition coefficient (Wildman–Crippen LogP) is 6.04. The molecule has 206 valence electrons. The van der Waals surface area contributed by atoms with Gasteiger partial charge in [-0.25, -0.2) is 0 Å². The standard InChI is InChI=1S/C30H40BrN3O4/c1-6-11-21-18-34(29(33-31)27(21)20-12-8-7-9-13-20)19-24(35)22-16-23(30(2,3)4)28(37-5)25(17-22)38-15-10-14-26(32)36/h7-9,12-13,16-17,21,27H,6,10-11,14-15,18-19H2,1-5H3,(H2,32,36)/b33-29-/t21-,27+/m0/s1. The molecule has 8 heteroatoms. The Labute approximate surface area is 235 Å². The molecule has 1 aliphatic heterocycles. The van der Waals surface area contributed by atoms with Crippen molar-refractivity contribution in [1.29, 1.82) is 0 Å². The van der Waals surface area contributed by atoms with E-state index in [-0.39, 0.29) is 36.0 Å². The van der Waals surface area contributed by atoms with Crippen molar-refractivity contribution < 1.29 is 19.1 Å². The number of halogens is 1. The maximum Gasteiger partial charge on any atom is 0.217 e. The third kappa shape index (κ3) is 7.16. The molecule has 0 aromatic heterocycles. The average Bonchev–Trinajstić information content (AvgIpc) is 3.22. The minimum Gasteiger partial charge on any atom is -0.493 e. The number of nitrogens with two attached hydrogens (primary N) is 1. The third-order valence-corrected chi connectivity index (χ3v) is 7.35. The first-order chi connectivity index (χ1) is 18.1. The molecule has 0 saturated carbocycles. The van der Waals surface area contributed by atoms with Crippen LogP contribution >= 0.6 is 16.1 Å². The molecule has 1 amide bonds. The molecule has 2 aromatic rings. The van der Waals surface area contributed by atoms with E-state index in [0.717, 1.165) is 30.8 Å². The molecular formula is C30H40BrN3O4. The van der Waals surface area contributed by atoms with Crippen LogP contribution in [-0.4, -0.2) is 49.2 Å². The zero-order valence-corrected chi connectivity index (χ0v) is 24.7. The minimum absolute atomic E-state index is 0.0160. The van der Waals surface area contributed by atoms with E-state index in [0.29, 0.717) is 36.0 Å². The highest BCUT2D eigenvalue weighted by atomic mass is 79.9. The number of Topliss-reactive ketones (excluding diaryl/α,β-unsaturated/α-hetero) is 1. The van der Waals surface area contributed by atoms with Crippen LogP contribution in [0.1, 0.15) is 80.8 Å². The van der Waals surface area contributed by atoms with Gasteiger partial charge in [-0.15, -0.1) is 0 Å². The summed E-state index contributed by atoms with van der Waals surface area (Å²) in [5.41, 5.74) is 7.64. The summed E-state index contributed by atoms with van der Waals surface area (Å²) < 4.78 is 16.2. The van der Waals surface area contributed by atoms with Crippen LogP contribution in [0.5, 0.6) is 11.5 Å². The molecule has 1 heterocycles. The first kappa shape index (κ1) is 29.7. The summed E-state index contributed by atoms with van der Waals surface area (Å²) in [6.45, 7) is 9.69. The highest BCUT2D eigenvalue weighted by Gasteiger charge is 2.39. The van der Waals surface area contributed by atoms with Gasteiger partial charge in [-0.3, -0.25) is 9.59 Å². The summed E-state index contributed by atoms with van der Waals surface area (Å²) in [6, 6.07) is 14.1. The SMILES string of the molecule is CCC[C@H]1CN(CC(=O)c2cc(OCCCC(N)=O)c(OC)c(C(C)(C)C)c2)/C(=N\Br)[C@@H]1c1ccccc1. The topological polar surface area (TPSA) is 94.2 Å². The largest absolute Gasteiger partial charge is 0.493 e. The van der Waals surface area contributed by atoms with Crippen LogP contribution in [0.4, 0.5) is 0 Å². The number of hydrogen-bond acceptors (Lipinski definition) is 5. The van der Waals surface area contributed by atoms with Crippen LogP contribution in [0.2, 0.25) is 0 Å². The Morgan fingerprint density at radius 2 is 1.89 bits per heavy atom. The fourth-order valence-electron chi connectivity index (χ4n) is 5.18. The van der Waals surface area contributed by atoms with Crippen molar-refractivity contribution in [3.05, 3.63) is 59.2 Å². The van der Waals surface area contributed by atoms with Crippen molar-refractivity contribution >= 4 is 33.7 Å². The van der Waals surface area contributed by atoms with Gasteiger partial charge >= 0.3 is 0 Å². The highest BCUT2D eigenvalue weighted by molar-refractivity contribution is 9.08. The lowest BCUT2D eigenvalue weighted by molar-refractivity contribution is -0.118. The Bertz CT molecular complexity index is 1140. The lowest BCUT2D eigenvalue weighted by Crippen LogP contribution is -2.32. The number of likely N-dealkylation sites (tertiary alicyclic amines) is 1. The van der Waals surface area contributed by atoms with E-state index in [4.69, 9.17) is 15.2 Å². The van der Waals surface area contributed by atoms with Gasteiger partial charge in [0.25, 0.3) is 0 Å². The molecule has 2 aromatic carbocycles. The Balaban J connectivity index is 1.91. The minimum atomic E-state index is -0.370. The number of nitrogens with zero attached hydrogens (tertiary/aromatic N) is 2. The highest BCUT2D eigenvalue weighted by Crippen LogP contribution is 2.41. The van der Waals surface area contributed by atoms with E-state index in [1.165, 1.54) is 5.56 Å². The molecule has 0 radical (unpaired) electrons. The van der Waals surface area contributed by atoms with Crippen LogP contribution in [0.3, 0.4) is 0 Å². The first-order valence-corrected chi connectivity index (χ1v) is 14.0. The zero-order valence-electron chi connectivity index (χ0n) is 23.1. The maximum absolute atomic E-state index is 13.8.